The first-order valence-corrected chi connectivity index (χ1v) is 8.18. The molecule has 0 radical (unpaired) electrons. The van der Waals surface area contributed by atoms with Crippen molar-refractivity contribution in [1.29, 1.82) is 0 Å². The molecule has 0 spiro atoms. The molecule has 0 aliphatic heterocycles. The molecule has 2 heterocycles. The summed E-state index contributed by atoms with van der Waals surface area (Å²) in [5.74, 6) is 1.45. The van der Waals surface area contributed by atoms with Crippen LogP contribution in [0.3, 0.4) is 0 Å². The Morgan fingerprint density at radius 1 is 0.958 bits per heavy atom. The molecule has 0 saturated carbocycles. The number of nitrogens with zero attached hydrogens (tertiary/aromatic N) is 2. The number of rotatable bonds is 1. The van der Waals surface area contributed by atoms with Gasteiger partial charge in [-0.05, 0) is 50.6 Å². The lowest BCUT2D eigenvalue weighted by molar-refractivity contribution is -0.665. The average Bonchev–Trinajstić information content (AvgIpc) is 2.87. The molecule has 0 aliphatic rings. The van der Waals surface area contributed by atoms with E-state index < -0.39 is 0 Å². The van der Waals surface area contributed by atoms with Gasteiger partial charge in [0.2, 0.25) is 0 Å². The maximum atomic E-state index is 10.5. The molecule has 24 heavy (non-hydrogen) atoms. The van der Waals surface area contributed by atoms with Crippen LogP contribution in [-0.4, -0.2) is 9.67 Å². The van der Waals surface area contributed by atoms with E-state index in [1.54, 1.807) is 0 Å². The Morgan fingerprint density at radius 2 is 1.75 bits per heavy atom. The van der Waals surface area contributed by atoms with Crippen molar-refractivity contribution >= 4 is 21.8 Å². The first-order valence-electron chi connectivity index (χ1n) is 8.18. The molecule has 0 saturated heterocycles. The summed E-state index contributed by atoms with van der Waals surface area (Å²) in [6.45, 7) is 6.07. The fourth-order valence-corrected chi connectivity index (χ4v) is 3.62. The van der Waals surface area contributed by atoms with Crippen molar-refractivity contribution in [3.05, 3.63) is 65.4 Å². The molecule has 0 aliphatic carbocycles. The van der Waals surface area contributed by atoms with Crippen molar-refractivity contribution in [3.8, 4) is 11.6 Å². The summed E-state index contributed by atoms with van der Waals surface area (Å²) in [5, 5.41) is 12.9. The van der Waals surface area contributed by atoms with E-state index in [2.05, 4.69) is 46.4 Å². The van der Waals surface area contributed by atoms with Gasteiger partial charge in [-0.2, -0.15) is 4.57 Å². The summed E-state index contributed by atoms with van der Waals surface area (Å²) in [7, 11) is 2.05. The fourth-order valence-electron chi connectivity index (χ4n) is 3.62. The van der Waals surface area contributed by atoms with E-state index in [1.165, 1.54) is 16.3 Å². The number of aromatic nitrogens is 2. The molecule has 0 bridgehead atoms. The Bertz CT molecular complexity index is 1110. The monoisotopic (exact) mass is 317 g/mol. The highest BCUT2D eigenvalue weighted by atomic mass is 16.3. The quantitative estimate of drug-likeness (QED) is 0.523. The van der Waals surface area contributed by atoms with Crippen molar-refractivity contribution in [3.63, 3.8) is 0 Å². The topological polar surface area (TPSA) is 29.0 Å². The Balaban J connectivity index is 2.30. The van der Waals surface area contributed by atoms with Crippen LogP contribution in [0.15, 0.2) is 48.7 Å². The number of fused-ring (bicyclic) bond motifs is 3. The van der Waals surface area contributed by atoms with Gasteiger partial charge in [-0.3, -0.25) is 0 Å². The molecular formula is C21H21N2O+. The van der Waals surface area contributed by atoms with Crippen molar-refractivity contribution < 1.29 is 9.67 Å². The minimum Gasteiger partial charge on any atom is -0.507 e. The van der Waals surface area contributed by atoms with Crippen molar-refractivity contribution in [1.82, 2.24) is 4.57 Å². The van der Waals surface area contributed by atoms with Crippen LogP contribution in [0.1, 0.15) is 16.7 Å². The molecule has 3 heteroatoms. The smallest absolute Gasteiger partial charge is 0.286 e. The van der Waals surface area contributed by atoms with E-state index >= 15 is 0 Å². The van der Waals surface area contributed by atoms with Crippen LogP contribution >= 0.6 is 0 Å². The Hall–Kier alpha value is -2.81. The van der Waals surface area contributed by atoms with Crippen LogP contribution in [0.25, 0.3) is 27.6 Å². The van der Waals surface area contributed by atoms with E-state index in [1.807, 2.05) is 39.2 Å². The van der Waals surface area contributed by atoms with E-state index in [9.17, 15) is 5.11 Å². The lowest BCUT2D eigenvalue weighted by Crippen LogP contribution is -2.33. The van der Waals surface area contributed by atoms with Gasteiger partial charge in [-0.15, -0.1) is 0 Å². The molecule has 120 valence electrons. The Morgan fingerprint density at radius 3 is 2.50 bits per heavy atom. The lowest BCUT2D eigenvalue weighted by Gasteiger charge is -2.07. The van der Waals surface area contributed by atoms with E-state index in [-0.39, 0.29) is 0 Å². The summed E-state index contributed by atoms with van der Waals surface area (Å²) >= 11 is 0. The number of hydrogen-bond acceptors (Lipinski definition) is 1. The molecule has 2 aromatic carbocycles. The molecular weight excluding hydrogens is 296 g/mol. The molecule has 3 nitrogen and oxygen atoms in total. The fraction of sp³-hybridized carbons (Fsp3) is 0.190. The van der Waals surface area contributed by atoms with Crippen LogP contribution in [0.2, 0.25) is 0 Å². The molecule has 4 rings (SSSR count). The van der Waals surface area contributed by atoms with Gasteiger partial charge in [-0.25, -0.2) is 4.57 Å². The summed E-state index contributed by atoms with van der Waals surface area (Å²) in [6.07, 6.45) is 2.05. The van der Waals surface area contributed by atoms with E-state index in [0.717, 1.165) is 28.0 Å². The maximum Gasteiger partial charge on any atom is 0.286 e. The summed E-state index contributed by atoms with van der Waals surface area (Å²) in [5.41, 5.74) is 5.30. The first kappa shape index (κ1) is 14.8. The molecule has 0 unspecified atom stereocenters. The van der Waals surface area contributed by atoms with Crippen LogP contribution in [0.5, 0.6) is 5.75 Å². The lowest BCUT2D eigenvalue weighted by atomic mass is 10.0. The van der Waals surface area contributed by atoms with Gasteiger partial charge in [0.1, 0.15) is 16.8 Å². The van der Waals surface area contributed by atoms with Crippen molar-refractivity contribution in [2.45, 2.75) is 20.8 Å². The normalized spacial score (nSPS) is 11.5. The van der Waals surface area contributed by atoms with E-state index in [0.29, 0.717) is 5.75 Å². The standard InChI is InChI=1S/C21H20N2O/c1-13-8-9-18-16(11-13)17-12-14(2)21(24)15(3)20(17)23(18)19-7-5-6-10-22(19)4/h5-12H,1-4H3/p+1. The van der Waals surface area contributed by atoms with Crippen LogP contribution in [0.4, 0.5) is 0 Å². The van der Waals surface area contributed by atoms with Crippen molar-refractivity contribution in [2.75, 3.05) is 0 Å². The molecule has 0 amide bonds. The molecule has 1 N–H and O–H groups in total. The van der Waals surface area contributed by atoms with Gasteiger partial charge in [0.05, 0.1) is 13.2 Å². The minimum atomic E-state index is 0.377. The number of phenolic OH excluding ortho intramolecular Hbond substituents is 1. The van der Waals surface area contributed by atoms with Gasteiger partial charge in [-0.1, -0.05) is 17.7 Å². The number of hydrogen-bond donors (Lipinski definition) is 1. The van der Waals surface area contributed by atoms with Gasteiger partial charge >= 0.3 is 0 Å². The zero-order chi connectivity index (χ0) is 17.0. The second-order valence-electron chi connectivity index (χ2n) is 6.59. The van der Waals surface area contributed by atoms with Gasteiger partial charge in [0.25, 0.3) is 5.82 Å². The number of aromatic hydroxyl groups is 1. The third-order valence-electron chi connectivity index (χ3n) is 4.86. The summed E-state index contributed by atoms with van der Waals surface area (Å²) < 4.78 is 4.35. The Labute approximate surface area is 141 Å². The van der Waals surface area contributed by atoms with Gasteiger partial charge < -0.3 is 5.11 Å². The predicted molar refractivity (Wildman–Crippen MR) is 97.8 cm³/mol. The minimum absolute atomic E-state index is 0.377. The second kappa shape index (κ2) is 5.10. The number of pyridine rings is 1. The highest BCUT2D eigenvalue weighted by Gasteiger charge is 2.24. The maximum absolute atomic E-state index is 10.5. The van der Waals surface area contributed by atoms with Crippen molar-refractivity contribution in [2.24, 2.45) is 7.05 Å². The van der Waals surface area contributed by atoms with Gasteiger partial charge in [0.15, 0.2) is 0 Å². The third kappa shape index (κ3) is 1.94. The zero-order valence-corrected chi connectivity index (χ0v) is 14.5. The number of aryl methyl sites for hydroxylation is 4. The first-order chi connectivity index (χ1) is 11.5. The molecule has 2 aromatic heterocycles. The average molecular weight is 317 g/mol. The zero-order valence-electron chi connectivity index (χ0n) is 14.5. The highest BCUT2D eigenvalue weighted by Crippen LogP contribution is 2.38. The number of phenols is 1. The van der Waals surface area contributed by atoms with Gasteiger partial charge in [0, 0.05) is 22.4 Å². The SMILES string of the molecule is Cc1ccc2c(c1)c1cc(C)c(O)c(C)c1n2-c1cccc[n+]1C. The molecule has 0 atom stereocenters. The summed E-state index contributed by atoms with van der Waals surface area (Å²) in [4.78, 5) is 0. The third-order valence-corrected chi connectivity index (χ3v) is 4.86. The van der Waals surface area contributed by atoms with Crippen LogP contribution in [0, 0.1) is 20.8 Å². The predicted octanol–water partition coefficient (Wildman–Crippen LogP) is 4.24. The highest BCUT2D eigenvalue weighted by molar-refractivity contribution is 6.11. The largest absolute Gasteiger partial charge is 0.507 e. The molecule has 4 aromatic rings. The van der Waals surface area contributed by atoms with E-state index in [4.69, 9.17) is 0 Å². The second-order valence-corrected chi connectivity index (χ2v) is 6.59. The summed E-state index contributed by atoms with van der Waals surface area (Å²) in [6, 6.07) is 14.8. The molecule has 0 fully saturated rings. The van der Waals surface area contributed by atoms with Crippen LogP contribution < -0.4 is 4.57 Å². The Kier molecular flexibility index (Phi) is 3.14. The number of benzene rings is 2. The van der Waals surface area contributed by atoms with Crippen LogP contribution in [-0.2, 0) is 7.05 Å².